The average molecular weight is 325 g/mol. The first-order valence-corrected chi connectivity index (χ1v) is 7.01. The van der Waals surface area contributed by atoms with Gasteiger partial charge in [-0.15, -0.1) is 0 Å². The van der Waals surface area contributed by atoms with Gasteiger partial charge in [-0.2, -0.15) is 0 Å². The highest BCUT2D eigenvalue weighted by molar-refractivity contribution is 7.80. The second-order valence-electron chi connectivity index (χ2n) is 4.76. The van der Waals surface area contributed by atoms with E-state index in [0.717, 1.165) is 0 Å². The minimum atomic E-state index is -0.722. The quantitative estimate of drug-likeness (QED) is 0.575. The second kappa shape index (κ2) is 8.83. The van der Waals surface area contributed by atoms with Gasteiger partial charge in [-0.1, -0.05) is 19.9 Å². The van der Waals surface area contributed by atoms with Crippen LogP contribution in [0.1, 0.15) is 24.2 Å². The molecule has 7 nitrogen and oxygen atoms in total. The Morgan fingerprint density at radius 1 is 1.27 bits per heavy atom. The number of hydrogen-bond acceptors (Lipinski definition) is 5. The van der Waals surface area contributed by atoms with Gasteiger partial charge in [-0.25, -0.2) is 10.2 Å². The van der Waals surface area contributed by atoms with Crippen molar-refractivity contribution in [2.75, 3.05) is 13.7 Å². The van der Waals surface area contributed by atoms with Gasteiger partial charge in [0.05, 0.1) is 13.7 Å². The molecule has 0 aliphatic heterocycles. The average Bonchev–Trinajstić information content (AvgIpc) is 2.50. The molecule has 0 fully saturated rings. The summed E-state index contributed by atoms with van der Waals surface area (Å²) in [5.74, 6) is 0.575. The van der Waals surface area contributed by atoms with Gasteiger partial charge in [0, 0.05) is 5.56 Å². The van der Waals surface area contributed by atoms with Gasteiger partial charge < -0.3 is 9.47 Å². The highest BCUT2D eigenvalue weighted by atomic mass is 32.1. The van der Waals surface area contributed by atoms with E-state index in [1.165, 1.54) is 7.11 Å². The summed E-state index contributed by atoms with van der Waals surface area (Å²) < 4.78 is 9.91. The van der Waals surface area contributed by atoms with E-state index in [-0.39, 0.29) is 5.11 Å². The summed E-state index contributed by atoms with van der Waals surface area (Å²) in [4.78, 5) is 22.9. The molecule has 0 saturated carbocycles. The normalized spacial score (nSPS) is 9.82. The van der Waals surface area contributed by atoms with E-state index in [1.807, 2.05) is 13.8 Å². The zero-order chi connectivity index (χ0) is 16.5. The first kappa shape index (κ1) is 17.7. The molecule has 2 amide bonds. The van der Waals surface area contributed by atoms with Crippen LogP contribution in [0.5, 0.6) is 5.75 Å². The lowest BCUT2D eigenvalue weighted by molar-refractivity contribution is 0.0975. The first-order chi connectivity index (χ1) is 10.4. The topological polar surface area (TPSA) is 88.7 Å². The summed E-state index contributed by atoms with van der Waals surface area (Å²) in [5, 5.41) is 2.37. The predicted molar refractivity (Wildman–Crippen MR) is 85.5 cm³/mol. The number of rotatable bonds is 4. The molecule has 22 heavy (non-hydrogen) atoms. The molecule has 120 valence electrons. The Kier molecular flexibility index (Phi) is 7.11. The molecule has 0 spiro atoms. The number of amides is 2. The molecule has 1 aromatic carbocycles. The largest absolute Gasteiger partial charge is 0.493 e. The molecule has 0 radical (unpaired) electrons. The number of methoxy groups -OCH3 is 1. The second-order valence-corrected chi connectivity index (χ2v) is 5.17. The number of benzene rings is 1. The van der Waals surface area contributed by atoms with E-state index in [1.54, 1.807) is 24.3 Å². The third kappa shape index (κ3) is 6.40. The summed E-state index contributed by atoms with van der Waals surface area (Å²) >= 11 is 4.87. The van der Waals surface area contributed by atoms with Crippen molar-refractivity contribution in [3.63, 3.8) is 0 Å². The van der Waals surface area contributed by atoms with E-state index < -0.39 is 12.0 Å². The van der Waals surface area contributed by atoms with Gasteiger partial charge in [0.1, 0.15) is 5.75 Å². The van der Waals surface area contributed by atoms with Gasteiger partial charge in [-0.05, 0) is 36.3 Å². The molecule has 0 aromatic heterocycles. The Morgan fingerprint density at radius 3 is 2.64 bits per heavy atom. The summed E-state index contributed by atoms with van der Waals surface area (Å²) in [6.45, 7) is 4.64. The van der Waals surface area contributed by atoms with Crippen molar-refractivity contribution in [2.24, 2.45) is 5.92 Å². The molecule has 0 atom stereocenters. The molecule has 0 saturated heterocycles. The smallest absolute Gasteiger partial charge is 0.425 e. The Morgan fingerprint density at radius 2 is 2.00 bits per heavy atom. The van der Waals surface area contributed by atoms with Crippen molar-refractivity contribution < 1.29 is 19.1 Å². The fourth-order valence-corrected chi connectivity index (χ4v) is 1.50. The minimum absolute atomic E-state index is 0.0519. The number of nitrogens with one attached hydrogen (secondary N) is 3. The van der Waals surface area contributed by atoms with Crippen LogP contribution in [0.25, 0.3) is 0 Å². The van der Waals surface area contributed by atoms with E-state index in [0.29, 0.717) is 23.8 Å². The third-order valence-electron chi connectivity index (χ3n) is 2.37. The summed E-state index contributed by atoms with van der Waals surface area (Å²) in [6, 6.07) is 6.74. The molecular formula is C14H19N3O4S. The molecule has 0 aliphatic rings. The fraction of sp³-hybridized carbons (Fsp3) is 0.357. The summed E-state index contributed by atoms with van der Waals surface area (Å²) in [5.41, 5.74) is 4.87. The van der Waals surface area contributed by atoms with Gasteiger partial charge in [0.25, 0.3) is 5.91 Å². The van der Waals surface area contributed by atoms with E-state index in [4.69, 9.17) is 17.0 Å². The van der Waals surface area contributed by atoms with E-state index >= 15 is 0 Å². The highest BCUT2D eigenvalue weighted by Crippen LogP contribution is 2.14. The number of hydrogen-bond donors (Lipinski definition) is 3. The Labute approximate surface area is 134 Å². The third-order valence-corrected chi connectivity index (χ3v) is 2.57. The monoisotopic (exact) mass is 325 g/mol. The zero-order valence-corrected chi connectivity index (χ0v) is 13.5. The van der Waals surface area contributed by atoms with Gasteiger partial charge in [0.2, 0.25) is 0 Å². The van der Waals surface area contributed by atoms with Crippen LogP contribution in [0.3, 0.4) is 0 Å². The molecular weight excluding hydrogens is 306 g/mol. The molecule has 8 heteroatoms. The van der Waals surface area contributed by atoms with Crippen molar-refractivity contribution in [3.8, 4) is 5.75 Å². The Balaban J connectivity index is 2.56. The van der Waals surface area contributed by atoms with Crippen LogP contribution in [0.2, 0.25) is 0 Å². The minimum Gasteiger partial charge on any atom is -0.493 e. The molecule has 1 rings (SSSR count). The predicted octanol–water partition coefficient (Wildman–Crippen LogP) is 1.60. The standard InChI is InChI=1S/C14H19N3O4S/c1-9(2)8-21-11-6-4-5-10(7-11)12(18)15-13(22)16-17-14(19)20-3/h4-7,9H,8H2,1-3H3,(H,17,19)(H2,15,16,18,22). The summed E-state index contributed by atoms with van der Waals surface area (Å²) in [6.07, 6.45) is -0.722. The molecule has 3 N–H and O–H groups in total. The van der Waals surface area contributed by atoms with Gasteiger partial charge in [-0.3, -0.25) is 15.5 Å². The van der Waals surface area contributed by atoms with Crippen molar-refractivity contribution in [1.82, 2.24) is 16.2 Å². The number of hydrazine groups is 1. The fourth-order valence-electron chi connectivity index (χ4n) is 1.36. The van der Waals surface area contributed by atoms with Gasteiger partial charge >= 0.3 is 6.09 Å². The van der Waals surface area contributed by atoms with Crippen molar-refractivity contribution in [2.45, 2.75) is 13.8 Å². The zero-order valence-electron chi connectivity index (χ0n) is 12.6. The lowest BCUT2D eigenvalue weighted by atomic mass is 10.2. The van der Waals surface area contributed by atoms with Crippen LogP contribution in [-0.4, -0.2) is 30.8 Å². The highest BCUT2D eigenvalue weighted by Gasteiger charge is 2.09. The first-order valence-electron chi connectivity index (χ1n) is 6.60. The lowest BCUT2D eigenvalue weighted by Crippen LogP contribution is -2.48. The lowest BCUT2D eigenvalue weighted by Gasteiger charge is -2.11. The maximum atomic E-state index is 12.0. The SMILES string of the molecule is COC(=O)NNC(=S)NC(=O)c1cccc(OCC(C)C)c1. The maximum Gasteiger partial charge on any atom is 0.425 e. The molecule has 0 bridgehead atoms. The molecule has 0 aliphatic carbocycles. The molecule has 0 unspecified atom stereocenters. The van der Waals surface area contributed by atoms with Crippen molar-refractivity contribution in [1.29, 1.82) is 0 Å². The summed E-state index contributed by atoms with van der Waals surface area (Å²) in [7, 11) is 1.21. The number of carbonyl (C=O) groups is 2. The maximum absolute atomic E-state index is 12.0. The van der Waals surface area contributed by atoms with Crippen LogP contribution in [-0.2, 0) is 4.74 Å². The van der Waals surface area contributed by atoms with Crippen molar-refractivity contribution >= 4 is 29.3 Å². The van der Waals surface area contributed by atoms with E-state index in [2.05, 4.69) is 20.9 Å². The molecule has 0 heterocycles. The number of carbonyl (C=O) groups excluding carboxylic acids is 2. The molecule has 1 aromatic rings. The van der Waals surface area contributed by atoms with Crippen LogP contribution in [0, 0.1) is 5.92 Å². The van der Waals surface area contributed by atoms with Gasteiger partial charge in [0.15, 0.2) is 5.11 Å². The van der Waals surface area contributed by atoms with Crippen molar-refractivity contribution in [3.05, 3.63) is 29.8 Å². The van der Waals surface area contributed by atoms with E-state index in [9.17, 15) is 9.59 Å². The van der Waals surface area contributed by atoms with Crippen LogP contribution >= 0.6 is 12.2 Å². The van der Waals surface area contributed by atoms with Crippen LogP contribution < -0.4 is 20.9 Å². The number of ether oxygens (including phenoxy) is 2. The Hall–Kier alpha value is -2.35. The van der Waals surface area contributed by atoms with Crippen LogP contribution in [0.4, 0.5) is 4.79 Å². The Bertz CT molecular complexity index is 549. The van der Waals surface area contributed by atoms with Crippen LogP contribution in [0.15, 0.2) is 24.3 Å². The number of thiocarbonyl (C=S) groups is 1.